The monoisotopic (exact) mass is 306 g/mol. The van der Waals surface area contributed by atoms with Crippen LogP contribution in [0.4, 0.5) is 0 Å². The quantitative estimate of drug-likeness (QED) is 0.882. The molecule has 0 aromatic carbocycles. The van der Waals surface area contributed by atoms with Crippen molar-refractivity contribution < 1.29 is 24.2 Å². The van der Waals surface area contributed by atoms with Gasteiger partial charge in [0.2, 0.25) is 5.88 Å². The van der Waals surface area contributed by atoms with Crippen LogP contribution in [0, 0.1) is 11.3 Å². The summed E-state index contributed by atoms with van der Waals surface area (Å²) >= 11 is 0. The van der Waals surface area contributed by atoms with Gasteiger partial charge in [-0.15, -0.1) is 0 Å². The first-order valence-corrected chi connectivity index (χ1v) is 7.17. The molecule has 0 bridgehead atoms. The van der Waals surface area contributed by atoms with E-state index >= 15 is 0 Å². The van der Waals surface area contributed by atoms with Crippen LogP contribution in [0.2, 0.25) is 0 Å². The van der Waals surface area contributed by atoms with Gasteiger partial charge >= 0.3 is 5.97 Å². The zero-order chi connectivity index (χ0) is 15.7. The highest BCUT2D eigenvalue weighted by Crippen LogP contribution is 2.42. The van der Waals surface area contributed by atoms with Crippen molar-refractivity contribution in [1.82, 2.24) is 9.88 Å². The second-order valence-electron chi connectivity index (χ2n) is 5.76. The molecule has 7 heteroatoms. The normalized spacial score (nSPS) is 27.3. The topological polar surface area (TPSA) is 89.0 Å². The van der Waals surface area contributed by atoms with Crippen molar-refractivity contribution in [2.24, 2.45) is 11.3 Å². The van der Waals surface area contributed by atoms with Gasteiger partial charge in [-0.3, -0.25) is 9.59 Å². The Bertz CT molecular complexity index is 605. The van der Waals surface area contributed by atoms with E-state index in [0.29, 0.717) is 37.6 Å². The number of aliphatic carboxylic acids is 1. The van der Waals surface area contributed by atoms with Crippen LogP contribution >= 0.6 is 0 Å². The third-order valence-corrected chi connectivity index (χ3v) is 4.61. The van der Waals surface area contributed by atoms with E-state index in [0.717, 1.165) is 0 Å². The summed E-state index contributed by atoms with van der Waals surface area (Å²) in [5, 5.41) is 9.63. The molecule has 7 nitrogen and oxygen atoms in total. The fourth-order valence-corrected chi connectivity index (χ4v) is 3.29. The number of fused-ring (bicyclic) bond motifs is 1. The number of carboxylic acids is 1. The average molecular weight is 306 g/mol. The van der Waals surface area contributed by atoms with Gasteiger partial charge in [0.1, 0.15) is 0 Å². The van der Waals surface area contributed by atoms with E-state index < -0.39 is 11.4 Å². The molecule has 1 N–H and O–H groups in total. The molecule has 3 rings (SSSR count). The maximum Gasteiger partial charge on any atom is 0.311 e. The largest absolute Gasteiger partial charge is 0.481 e. The summed E-state index contributed by atoms with van der Waals surface area (Å²) < 4.78 is 10.4. The number of hydrogen-bond donors (Lipinski definition) is 1. The zero-order valence-electron chi connectivity index (χ0n) is 12.3. The van der Waals surface area contributed by atoms with Crippen molar-refractivity contribution in [2.75, 3.05) is 33.4 Å². The molecule has 1 aromatic heterocycles. The van der Waals surface area contributed by atoms with E-state index in [4.69, 9.17) is 9.47 Å². The Hall–Kier alpha value is -2.15. The first-order valence-electron chi connectivity index (χ1n) is 7.17. The van der Waals surface area contributed by atoms with Crippen molar-refractivity contribution in [3.63, 3.8) is 0 Å². The third kappa shape index (κ3) is 2.31. The number of carbonyl (C=O) groups is 2. The summed E-state index contributed by atoms with van der Waals surface area (Å²) in [5.74, 6) is -0.843. The number of methoxy groups -OCH3 is 1. The predicted octanol–water partition coefficient (Wildman–Crippen LogP) is 0.653. The lowest BCUT2D eigenvalue weighted by molar-refractivity contribution is -0.157. The maximum absolute atomic E-state index is 12.6. The third-order valence-electron chi connectivity index (χ3n) is 4.61. The molecule has 1 amide bonds. The maximum atomic E-state index is 12.6. The molecule has 0 radical (unpaired) electrons. The minimum atomic E-state index is -0.884. The van der Waals surface area contributed by atoms with Crippen LogP contribution in [-0.4, -0.2) is 60.3 Å². The van der Waals surface area contributed by atoms with Gasteiger partial charge in [0.05, 0.1) is 19.1 Å². The van der Waals surface area contributed by atoms with Crippen LogP contribution < -0.4 is 4.74 Å². The van der Waals surface area contributed by atoms with Gasteiger partial charge in [-0.05, 0) is 12.5 Å². The number of hydrogen-bond acceptors (Lipinski definition) is 5. The van der Waals surface area contributed by atoms with Gasteiger partial charge in [0.25, 0.3) is 5.91 Å². The van der Waals surface area contributed by atoms with Crippen molar-refractivity contribution in [3.8, 4) is 5.88 Å². The molecule has 22 heavy (non-hydrogen) atoms. The lowest BCUT2D eigenvalue weighted by atomic mass is 9.74. The molecular weight excluding hydrogens is 288 g/mol. The molecule has 2 aliphatic rings. The molecule has 3 heterocycles. The van der Waals surface area contributed by atoms with E-state index in [-0.39, 0.29) is 18.4 Å². The zero-order valence-corrected chi connectivity index (χ0v) is 12.3. The van der Waals surface area contributed by atoms with Gasteiger partial charge in [0.15, 0.2) is 0 Å². The van der Waals surface area contributed by atoms with Gasteiger partial charge in [-0.1, -0.05) is 0 Å². The lowest BCUT2D eigenvalue weighted by Gasteiger charge is -2.33. The molecule has 0 spiro atoms. The van der Waals surface area contributed by atoms with E-state index in [9.17, 15) is 14.7 Å². The highest BCUT2D eigenvalue weighted by atomic mass is 16.5. The van der Waals surface area contributed by atoms with Crippen LogP contribution in [-0.2, 0) is 9.53 Å². The lowest BCUT2D eigenvalue weighted by Crippen LogP contribution is -2.45. The minimum Gasteiger partial charge on any atom is -0.481 e. The molecule has 2 aliphatic heterocycles. The van der Waals surface area contributed by atoms with E-state index in [2.05, 4.69) is 4.98 Å². The standard InChI is InChI=1S/C15H18N2O5/c1-21-12-6-10(2-4-16-12)13(18)17-7-11-8-22-5-3-15(11,9-17)14(19)20/h2,4,6,11H,3,5,7-9H2,1H3,(H,19,20)/t11-,15+/m0/s1. The van der Waals surface area contributed by atoms with Gasteiger partial charge in [0, 0.05) is 43.4 Å². The van der Waals surface area contributed by atoms with Crippen LogP contribution in [0.15, 0.2) is 18.3 Å². The number of pyridine rings is 1. The Morgan fingerprint density at radius 3 is 3.05 bits per heavy atom. The number of amides is 1. The van der Waals surface area contributed by atoms with Crippen LogP contribution in [0.3, 0.4) is 0 Å². The average Bonchev–Trinajstić information content (AvgIpc) is 2.95. The Balaban J connectivity index is 1.84. The van der Waals surface area contributed by atoms with Crippen molar-refractivity contribution >= 4 is 11.9 Å². The fraction of sp³-hybridized carbons (Fsp3) is 0.533. The molecule has 2 fully saturated rings. The number of carbonyl (C=O) groups excluding carboxylic acids is 1. The Morgan fingerprint density at radius 1 is 1.55 bits per heavy atom. The minimum absolute atomic E-state index is 0.161. The van der Waals surface area contributed by atoms with E-state index in [1.165, 1.54) is 13.3 Å². The Morgan fingerprint density at radius 2 is 2.36 bits per heavy atom. The van der Waals surface area contributed by atoms with Crippen LogP contribution in [0.5, 0.6) is 5.88 Å². The highest BCUT2D eigenvalue weighted by molar-refractivity contribution is 5.95. The second kappa shape index (κ2) is 5.57. The number of carboxylic acid groups (broad SMARTS) is 1. The number of rotatable bonds is 3. The second-order valence-corrected chi connectivity index (χ2v) is 5.76. The van der Waals surface area contributed by atoms with E-state index in [1.807, 2.05) is 0 Å². The van der Waals surface area contributed by atoms with Crippen molar-refractivity contribution in [2.45, 2.75) is 6.42 Å². The summed E-state index contributed by atoms with van der Waals surface area (Å²) in [5.41, 5.74) is -0.433. The fourth-order valence-electron chi connectivity index (χ4n) is 3.29. The highest BCUT2D eigenvalue weighted by Gasteiger charge is 2.54. The van der Waals surface area contributed by atoms with Crippen molar-refractivity contribution in [1.29, 1.82) is 0 Å². The first kappa shape index (κ1) is 14.8. The molecule has 0 unspecified atom stereocenters. The molecule has 1 aromatic rings. The summed E-state index contributed by atoms with van der Waals surface area (Å²) in [6.07, 6.45) is 1.95. The molecule has 0 aliphatic carbocycles. The summed E-state index contributed by atoms with van der Waals surface area (Å²) in [6, 6.07) is 3.17. The molecule has 2 saturated heterocycles. The van der Waals surface area contributed by atoms with E-state index in [1.54, 1.807) is 17.0 Å². The van der Waals surface area contributed by atoms with Crippen LogP contribution in [0.1, 0.15) is 16.8 Å². The summed E-state index contributed by atoms with van der Waals surface area (Å²) in [6.45, 7) is 1.43. The Kier molecular flexibility index (Phi) is 3.74. The number of likely N-dealkylation sites (tertiary alicyclic amines) is 1. The molecule has 0 saturated carbocycles. The number of ether oxygens (including phenoxy) is 2. The smallest absolute Gasteiger partial charge is 0.311 e. The van der Waals surface area contributed by atoms with Crippen molar-refractivity contribution in [3.05, 3.63) is 23.9 Å². The van der Waals surface area contributed by atoms with Gasteiger partial charge in [-0.25, -0.2) is 4.98 Å². The van der Waals surface area contributed by atoms with Gasteiger partial charge in [-0.2, -0.15) is 0 Å². The predicted molar refractivity (Wildman–Crippen MR) is 75.7 cm³/mol. The molecule has 2 atom stereocenters. The SMILES string of the molecule is COc1cc(C(=O)N2C[C@H]3COCC[C@@]3(C(=O)O)C2)ccn1. The number of nitrogens with zero attached hydrogens (tertiary/aromatic N) is 2. The first-order chi connectivity index (χ1) is 10.6. The molecule has 118 valence electrons. The Labute approximate surface area is 127 Å². The molecular formula is C15H18N2O5. The van der Waals surface area contributed by atoms with Gasteiger partial charge < -0.3 is 19.5 Å². The number of aromatic nitrogens is 1. The van der Waals surface area contributed by atoms with Crippen LogP contribution in [0.25, 0.3) is 0 Å². The summed E-state index contributed by atoms with van der Waals surface area (Å²) in [4.78, 5) is 29.9. The summed E-state index contributed by atoms with van der Waals surface area (Å²) in [7, 11) is 1.48.